The second-order valence-electron chi connectivity index (χ2n) is 9.32. The van der Waals surface area contributed by atoms with Crippen LogP contribution < -0.4 is 0 Å². The zero-order valence-corrected chi connectivity index (χ0v) is 22.9. The molecule has 0 saturated carbocycles. The van der Waals surface area contributed by atoms with Gasteiger partial charge in [0.25, 0.3) is 0 Å². The summed E-state index contributed by atoms with van der Waals surface area (Å²) in [5.74, 6) is 0. The lowest BCUT2D eigenvalue weighted by molar-refractivity contribution is -0.296. The van der Waals surface area contributed by atoms with Crippen molar-refractivity contribution in [2.75, 3.05) is 19.8 Å². The van der Waals surface area contributed by atoms with Crippen LogP contribution in [-0.4, -0.2) is 91.9 Å². The van der Waals surface area contributed by atoms with Crippen LogP contribution in [0.5, 0.6) is 0 Å². The number of pyridine rings is 2. The van der Waals surface area contributed by atoms with Crippen LogP contribution in [0.3, 0.4) is 0 Å². The second-order valence-corrected chi connectivity index (χ2v) is 12.6. The Morgan fingerprint density at radius 2 is 1.57 bits per heavy atom. The molecule has 2 aromatic rings. The van der Waals surface area contributed by atoms with Gasteiger partial charge in [-0.15, -0.1) is 9.05 Å². The Bertz CT molecular complexity index is 1150. The Labute approximate surface area is 229 Å². The van der Waals surface area contributed by atoms with Crippen LogP contribution in [0.1, 0.15) is 36.2 Å². The minimum absolute atomic E-state index is 0.0565. The van der Waals surface area contributed by atoms with E-state index in [9.17, 15) is 29.9 Å². The molecule has 3 aliphatic heterocycles. The highest BCUT2D eigenvalue weighted by Crippen LogP contribution is 2.65. The van der Waals surface area contributed by atoms with Crippen LogP contribution in [-0.2, 0) is 36.4 Å². The number of nitrogens with zero attached hydrogens (tertiary/aromatic N) is 2. The van der Waals surface area contributed by atoms with Gasteiger partial charge in [0.2, 0.25) is 6.29 Å². The zero-order valence-electron chi connectivity index (χ0n) is 21.1. The molecule has 0 amide bonds. The van der Waals surface area contributed by atoms with Crippen molar-refractivity contribution >= 4 is 16.0 Å². The predicted octanol–water partition coefficient (Wildman–Crippen LogP) is 1.11. The smallest absolute Gasteiger partial charge is 0.388 e. The number of ether oxygens (including phenoxy) is 1. The third-order valence-corrected chi connectivity index (χ3v) is 9.54. The van der Waals surface area contributed by atoms with Gasteiger partial charge in [0, 0.05) is 37.6 Å². The molecule has 0 aromatic carbocycles. The van der Waals surface area contributed by atoms with E-state index < -0.39 is 71.6 Å². The Hall–Kier alpha value is -1.52. The van der Waals surface area contributed by atoms with E-state index in [1.807, 2.05) is 0 Å². The largest absolute Gasteiger partial charge is 0.576 e. The second kappa shape index (κ2) is 12.8. The van der Waals surface area contributed by atoms with Gasteiger partial charge in [-0.05, 0) is 35.4 Å². The van der Waals surface area contributed by atoms with Gasteiger partial charge in [-0.25, -0.2) is 4.57 Å². The summed E-state index contributed by atoms with van der Waals surface area (Å²) in [7, 11) is -8.20. The van der Waals surface area contributed by atoms with Crippen LogP contribution >= 0.6 is 16.0 Å². The summed E-state index contributed by atoms with van der Waals surface area (Å²) >= 11 is 0. The lowest BCUT2D eigenvalue weighted by atomic mass is 9.96. The van der Waals surface area contributed by atoms with Crippen LogP contribution in [0, 0.1) is 0 Å². The number of phosphoric ester groups is 1. The van der Waals surface area contributed by atoms with Gasteiger partial charge in [0.15, 0.2) is 0 Å². The van der Waals surface area contributed by atoms with Gasteiger partial charge in [-0.1, -0.05) is 0 Å². The summed E-state index contributed by atoms with van der Waals surface area (Å²) in [4.78, 5) is 18.8. The molecule has 0 spiro atoms. The number of aliphatic hydroxyl groups is 4. The molecule has 5 heterocycles. The highest BCUT2D eigenvalue weighted by Gasteiger charge is 2.58. The number of aliphatic hydroxyl groups excluding tert-OH is 4. The zero-order chi connectivity index (χ0) is 28.3. The molecule has 17 heteroatoms. The third-order valence-electron chi connectivity index (χ3n) is 6.56. The lowest BCUT2D eigenvalue weighted by Gasteiger charge is -2.41. The van der Waals surface area contributed by atoms with Crippen LogP contribution in [0.25, 0.3) is 0 Å². The summed E-state index contributed by atoms with van der Waals surface area (Å²) < 4.78 is 51.0. The highest BCUT2D eigenvalue weighted by molar-refractivity contribution is 7.55. The maximum absolute atomic E-state index is 13.0. The SMILES string of the molecule is O=[P@]1(OC[C@@H](O)[C@H]2O[C@@H](O[P+]3(O)OCC[C@H](c4ccncc4)O3)[C@@H](O)[C@@H](O)[C@@H]2O)OCC[C@@H](c2ccncc2)O1. The predicted molar refractivity (Wildman–Crippen MR) is 134 cm³/mol. The Balaban J connectivity index is 1.21. The topological polar surface area (TPSA) is 209 Å². The summed E-state index contributed by atoms with van der Waals surface area (Å²) in [6.07, 6.45) is -4.75. The number of rotatable bonds is 8. The first kappa shape index (κ1) is 30.0. The van der Waals surface area contributed by atoms with E-state index in [-0.39, 0.29) is 13.2 Å². The fraction of sp³-hybridized carbons (Fsp3) is 0.565. The minimum Gasteiger partial charge on any atom is -0.388 e. The number of aromatic nitrogens is 2. The van der Waals surface area contributed by atoms with Gasteiger partial charge in [-0.3, -0.25) is 23.5 Å². The lowest BCUT2D eigenvalue weighted by Crippen LogP contribution is -2.61. The first-order valence-corrected chi connectivity index (χ1v) is 15.5. The Morgan fingerprint density at radius 3 is 2.25 bits per heavy atom. The minimum atomic E-state index is -4.12. The molecule has 2 aromatic heterocycles. The third kappa shape index (κ3) is 6.92. The molecule has 3 aliphatic rings. The summed E-state index contributed by atoms with van der Waals surface area (Å²) in [5.41, 5.74) is 1.42. The number of phosphoric acid groups is 1. The van der Waals surface area contributed by atoms with Crippen LogP contribution in [0.4, 0.5) is 0 Å². The van der Waals surface area contributed by atoms with Crippen molar-refractivity contribution in [1.82, 2.24) is 9.97 Å². The fourth-order valence-corrected chi connectivity index (χ4v) is 7.33. The van der Waals surface area contributed by atoms with Crippen LogP contribution in [0.2, 0.25) is 0 Å². The Kier molecular flexibility index (Phi) is 9.57. The average molecular weight is 605 g/mol. The average Bonchev–Trinajstić information content (AvgIpc) is 2.97. The van der Waals surface area contributed by atoms with Gasteiger partial charge in [-0.2, -0.15) is 9.42 Å². The molecule has 5 rings (SSSR count). The molecule has 220 valence electrons. The maximum Gasteiger partial charge on any atom is 0.576 e. The van der Waals surface area contributed by atoms with Crippen molar-refractivity contribution in [3.05, 3.63) is 60.2 Å². The number of hydrogen-bond acceptors (Lipinski definition) is 15. The van der Waals surface area contributed by atoms with Crippen molar-refractivity contribution in [3.63, 3.8) is 0 Å². The molecule has 40 heavy (non-hydrogen) atoms. The maximum atomic E-state index is 13.0. The monoisotopic (exact) mass is 605 g/mol. The van der Waals surface area contributed by atoms with Gasteiger partial charge >= 0.3 is 16.0 Å². The van der Waals surface area contributed by atoms with E-state index in [2.05, 4.69) is 9.97 Å². The molecular formula is C23H31N2O13P2+. The van der Waals surface area contributed by atoms with E-state index in [1.54, 1.807) is 49.1 Å². The Morgan fingerprint density at radius 1 is 0.950 bits per heavy atom. The van der Waals surface area contributed by atoms with Crippen molar-refractivity contribution in [3.8, 4) is 0 Å². The van der Waals surface area contributed by atoms with Gasteiger partial charge < -0.3 is 25.2 Å². The molecule has 0 aliphatic carbocycles. The van der Waals surface area contributed by atoms with Crippen molar-refractivity contribution in [2.45, 2.75) is 61.9 Å². The van der Waals surface area contributed by atoms with E-state index >= 15 is 0 Å². The normalized spacial score (nSPS) is 39.5. The summed E-state index contributed by atoms with van der Waals surface area (Å²) in [6.45, 7) is -0.582. The molecule has 1 unspecified atom stereocenters. The van der Waals surface area contributed by atoms with Gasteiger partial charge in [0.05, 0.1) is 19.3 Å². The first-order valence-electron chi connectivity index (χ1n) is 12.5. The first-order chi connectivity index (χ1) is 19.2. The standard InChI is InChI=1S/C23H31N2O13P2/c26-16(13-34-39(30)32-11-5-17(36-39)14-1-7-24-8-2-14)22-20(28)19(27)21(29)23(35-22)38-40(31)33-12-6-18(37-40)15-3-9-25-10-4-15/h1-4,7-10,16-23,26-29,31H,5-6,11-13H2/q+1/t16-,17+,18-,19+,20+,21+,22-,23+,39-,40?/m1/s1. The molecule has 10 atom stereocenters. The van der Waals surface area contributed by atoms with E-state index in [0.717, 1.165) is 0 Å². The van der Waals surface area contributed by atoms with Crippen LogP contribution in [0.15, 0.2) is 49.1 Å². The van der Waals surface area contributed by atoms with Crippen molar-refractivity contribution < 1.29 is 61.8 Å². The number of hydrogen-bond donors (Lipinski definition) is 5. The molecule has 15 nitrogen and oxygen atoms in total. The molecule has 5 N–H and O–H groups in total. The summed E-state index contributed by atoms with van der Waals surface area (Å²) in [5, 5.41) is 42.1. The summed E-state index contributed by atoms with van der Waals surface area (Å²) in [6, 6.07) is 6.79. The quantitative estimate of drug-likeness (QED) is 0.267. The van der Waals surface area contributed by atoms with Crippen molar-refractivity contribution in [1.29, 1.82) is 0 Å². The van der Waals surface area contributed by atoms with Gasteiger partial charge in [0.1, 0.15) is 43.2 Å². The molecular weight excluding hydrogens is 574 g/mol. The molecule has 3 saturated heterocycles. The molecule has 0 radical (unpaired) electrons. The highest BCUT2D eigenvalue weighted by atomic mass is 31.2. The van der Waals surface area contributed by atoms with E-state index in [1.165, 1.54) is 0 Å². The fourth-order valence-electron chi connectivity index (χ4n) is 4.44. The molecule has 3 fully saturated rings. The van der Waals surface area contributed by atoms with Crippen molar-refractivity contribution in [2.24, 2.45) is 0 Å². The molecule has 0 bridgehead atoms. The van der Waals surface area contributed by atoms with E-state index in [4.69, 9.17) is 31.9 Å². The van der Waals surface area contributed by atoms with E-state index in [0.29, 0.717) is 24.0 Å².